The van der Waals surface area contributed by atoms with E-state index < -0.39 is 0 Å². The topological polar surface area (TPSA) is 40.5 Å². The van der Waals surface area contributed by atoms with E-state index in [1.807, 2.05) is 54.6 Å². The molecule has 4 aromatic rings. The smallest absolute Gasteiger partial charge is 0.119 e. The zero-order valence-electron chi connectivity index (χ0n) is 12.5. The summed E-state index contributed by atoms with van der Waals surface area (Å²) in [6, 6.07) is 23.2. The molecule has 23 heavy (non-hydrogen) atoms. The van der Waals surface area contributed by atoms with Gasteiger partial charge in [-0.2, -0.15) is 0 Å². The first kappa shape index (κ1) is 13.6. The van der Waals surface area contributed by atoms with E-state index in [1.165, 1.54) is 0 Å². The summed E-state index contributed by atoms with van der Waals surface area (Å²) in [7, 11) is 0. The fraction of sp³-hybridized carbons (Fsp3) is 0.0476. The molecule has 112 valence electrons. The Hall–Kier alpha value is -3.00. The van der Waals surface area contributed by atoms with Crippen molar-refractivity contribution in [2.24, 2.45) is 0 Å². The van der Waals surface area contributed by atoms with Gasteiger partial charge in [0.05, 0.1) is 0 Å². The Bertz CT molecular complexity index is 1020. The molecule has 4 rings (SSSR count). The molecule has 2 N–H and O–H groups in total. The van der Waals surface area contributed by atoms with Crippen LogP contribution in [-0.4, -0.2) is 10.2 Å². The van der Waals surface area contributed by atoms with Gasteiger partial charge in [-0.3, -0.25) is 0 Å². The number of aromatic hydroxyl groups is 2. The Kier molecular flexibility index (Phi) is 3.16. The molecule has 0 fully saturated rings. The normalized spacial score (nSPS) is 11.1. The Morgan fingerprint density at radius 3 is 2.30 bits per heavy atom. The number of fused-ring (bicyclic) bond motifs is 2. The quantitative estimate of drug-likeness (QED) is 0.547. The van der Waals surface area contributed by atoms with Gasteiger partial charge in [0.25, 0.3) is 0 Å². The molecule has 0 aromatic heterocycles. The van der Waals surface area contributed by atoms with Crippen molar-refractivity contribution < 1.29 is 10.2 Å². The summed E-state index contributed by atoms with van der Waals surface area (Å²) in [5.41, 5.74) is 2.00. The molecule has 0 saturated heterocycles. The van der Waals surface area contributed by atoms with Crippen LogP contribution >= 0.6 is 0 Å². The second-order valence-corrected chi connectivity index (χ2v) is 5.78. The minimum atomic E-state index is 0.257. The molecule has 2 heteroatoms. The predicted octanol–water partition coefficient (Wildman–Crippen LogP) is 5.00. The minimum Gasteiger partial charge on any atom is -0.508 e. The van der Waals surface area contributed by atoms with E-state index in [0.717, 1.165) is 32.7 Å². The van der Waals surface area contributed by atoms with Gasteiger partial charge in [-0.05, 0) is 45.3 Å². The molecule has 0 unspecified atom stereocenters. The van der Waals surface area contributed by atoms with Crippen molar-refractivity contribution in [2.75, 3.05) is 0 Å². The first-order valence-electron chi connectivity index (χ1n) is 7.62. The van der Waals surface area contributed by atoms with Crippen LogP contribution in [0.5, 0.6) is 11.5 Å². The molecule has 0 atom stereocenters. The van der Waals surface area contributed by atoms with E-state index in [2.05, 4.69) is 0 Å². The molecule has 0 bridgehead atoms. The molecule has 0 radical (unpaired) electrons. The second kappa shape index (κ2) is 5.33. The van der Waals surface area contributed by atoms with Gasteiger partial charge >= 0.3 is 0 Å². The SMILES string of the molecule is Oc1ccc2cccc(Cc3c(O)ccc4ccccc34)c2c1. The van der Waals surface area contributed by atoms with Crippen LogP contribution < -0.4 is 0 Å². The van der Waals surface area contributed by atoms with Crippen molar-refractivity contribution in [3.63, 3.8) is 0 Å². The van der Waals surface area contributed by atoms with Gasteiger partial charge < -0.3 is 10.2 Å². The summed E-state index contributed by atoms with van der Waals surface area (Å²) < 4.78 is 0. The number of benzene rings is 4. The maximum atomic E-state index is 10.3. The summed E-state index contributed by atoms with van der Waals surface area (Å²) in [6.45, 7) is 0. The first-order chi connectivity index (χ1) is 11.2. The van der Waals surface area contributed by atoms with Crippen molar-refractivity contribution in [1.29, 1.82) is 0 Å². The predicted molar refractivity (Wildman–Crippen MR) is 94.0 cm³/mol. The standard InChI is InChI=1S/C21H16O2/c22-17-10-8-15-5-3-6-16(19(15)13-17)12-20-18-7-2-1-4-14(18)9-11-21(20)23/h1-11,13,22-23H,12H2. The number of phenols is 2. The third kappa shape index (κ3) is 2.38. The third-order valence-corrected chi connectivity index (χ3v) is 4.34. The van der Waals surface area contributed by atoms with Gasteiger partial charge in [-0.1, -0.05) is 54.6 Å². The molecule has 0 amide bonds. The summed E-state index contributed by atoms with van der Waals surface area (Å²) in [5.74, 6) is 0.563. The molecule has 0 aliphatic carbocycles. The lowest BCUT2D eigenvalue weighted by atomic mass is 9.94. The van der Waals surface area contributed by atoms with Crippen molar-refractivity contribution >= 4 is 21.5 Å². The van der Waals surface area contributed by atoms with Crippen LogP contribution in [0.2, 0.25) is 0 Å². The van der Waals surface area contributed by atoms with Crippen LogP contribution in [0.15, 0.2) is 72.8 Å². The van der Waals surface area contributed by atoms with Gasteiger partial charge in [0.1, 0.15) is 11.5 Å². The zero-order valence-corrected chi connectivity index (χ0v) is 12.5. The van der Waals surface area contributed by atoms with Gasteiger partial charge in [0.15, 0.2) is 0 Å². The van der Waals surface area contributed by atoms with Crippen LogP contribution in [-0.2, 0) is 6.42 Å². The van der Waals surface area contributed by atoms with Crippen molar-refractivity contribution in [2.45, 2.75) is 6.42 Å². The number of rotatable bonds is 2. The number of phenolic OH excluding ortho intramolecular Hbond substituents is 2. The fourth-order valence-electron chi connectivity index (χ4n) is 3.18. The zero-order chi connectivity index (χ0) is 15.8. The van der Waals surface area contributed by atoms with E-state index in [0.29, 0.717) is 12.2 Å². The van der Waals surface area contributed by atoms with E-state index >= 15 is 0 Å². The highest BCUT2D eigenvalue weighted by molar-refractivity contribution is 5.90. The molecule has 0 heterocycles. The van der Waals surface area contributed by atoms with Crippen molar-refractivity contribution in [3.8, 4) is 11.5 Å². The Morgan fingerprint density at radius 2 is 1.39 bits per heavy atom. The van der Waals surface area contributed by atoms with Crippen LogP contribution in [0, 0.1) is 0 Å². The van der Waals surface area contributed by atoms with Crippen molar-refractivity contribution in [3.05, 3.63) is 83.9 Å². The maximum Gasteiger partial charge on any atom is 0.119 e. The third-order valence-electron chi connectivity index (χ3n) is 4.34. The highest BCUT2D eigenvalue weighted by Gasteiger charge is 2.10. The Morgan fingerprint density at radius 1 is 0.652 bits per heavy atom. The monoisotopic (exact) mass is 300 g/mol. The Balaban J connectivity index is 1.92. The maximum absolute atomic E-state index is 10.3. The van der Waals surface area contributed by atoms with Crippen LogP contribution in [0.1, 0.15) is 11.1 Å². The lowest BCUT2D eigenvalue weighted by Gasteiger charge is -2.11. The first-order valence-corrected chi connectivity index (χ1v) is 7.62. The summed E-state index contributed by atoms with van der Waals surface area (Å²) in [6.07, 6.45) is 0.619. The highest BCUT2D eigenvalue weighted by Crippen LogP contribution is 2.32. The van der Waals surface area contributed by atoms with E-state index in [-0.39, 0.29) is 5.75 Å². The van der Waals surface area contributed by atoms with Crippen LogP contribution in [0.25, 0.3) is 21.5 Å². The average molecular weight is 300 g/mol. The van der Waals surface area contributed by atoms with Gasteiger partial charge in [0, 0.05) is 12.0 Å². The molecule has 4 aromatic carbocycles. The van der Waals surface area contributed by atoms with Crippen LogP contribution in [0.4, 0.5) is 0 Å². The van der Waals surface area contributed by atoms with Crippen LogP contribution in [0.3, 0.4) is 0 Å². The largest absolute Gasteiger partial charge is 0.508 e. The molecule has 0 aliphatic rings. The van der Waals surface area contributed by atoms with E-state index in [4.69, 9.17) is 0 Å². The summed E-state index contributed by atoms with van der Waals surface area (Å²) >= 11 is 0. The molecule has 0 aliphatic heterocycles. The fourth-order valence-corrected chi connectivity index (χ4v) is 3.18. The number of hydrogen-bond donors (Lipinski definition) is 2. The molecule has 0 spiro atoms. The molecular formula is C21H16O2. The highest BCUT2D eigenvalue weighted by atomic mass is 16.3. The average Bonchev–Trinajstić information content (AvgIpc) is 2.58. The Labute approximate surface area is 134 Å². The van der Waals surface area contributed by atoms with Gasteiger partial charge in [0.2, 0.25) is 0 Å². The van der Waals surface area contributed by atoms with Crippen molar-refractivity contribution in [1.82, 2.24) is 0 Å². The second-order valence-electron chi connectivity index (χ2n) is 5.78. The molecular weight excluding hydrogens is 284 g/mol. The molecule has 2 nitrogen and oxygen atoms in total. The van der Waals surface area contributed by atoms with E-state index in [9.17, 15) is 10.2 Å². The lowest BCUT2D eigenvalue weighted by Crippen LogP contribution is -1.92. The molecule has 0 saturated carbocycles. The number of hydrogen-bond acceptors (Lipinski definition) is 2. The lowest BCUT2D eigenvalue weighted by molar-refractivity contribution is 0.470. The van der Waals surface area contributed by atoms with Gasteiger partial charge in [-0.25, -0.2) is 0 Å². The van der Waals surface area contributed by atoms with Gasteiger partial charge in [-0.15, -0.1) is 0 Å². The minimum absolute atomic E-state index is 0.257. The van der Waals surface area contributed by atoms with E-state index in [1.54, 1.807) is 18.2 Å². The summed E-state index contributed by atoms with van der Waals surface area (Å²) in [5, 5.41) is 24.4. The summed E-state index contributed by atoms with van der Waals surface area (Å²) in [4.78, 5) is 0.